The minimum absolute atomic E-state index is 0.685. The smallest absolute Gasteiger partial charge is 0.0361 e. The Morgan fingerprint density at radius 3 is 2.43 bits per heavy atom. The van der Waals surface area contributed by atoms with E-state index in [9.17, 15) is 0 Å². The third-order valence-electron chi connectivity index (χ3n) is 4.12. The van der Waals surface area contributed by atoms with Crippen molar-refractivity contribution in [1.29, 1.82) is 0 Å². The zero-order chi connectivity index (χ0) is 15.2. The molecule has 2 rings (SSSR count). The standard InChI is InChI=1S/C18H31N3/c1-15(2)12-21(14-17-6-5-11-19-17)13-16-7-9-18(10-8-16)20(3)4/h7-10,15,17,19H,5-6,11-14H2,1-4H3. The summed E-state index contributed by atoms with van der Waals surface area (Å²) < 4.78 is 0. The van der Waals surface area contributed by atoms with Crippen LogP contribution in [0.1, 0.15) is 32.3 Å². The predicted octanol–water partition coefficient (Wildman–Crippen LogP) is 2.96. The van der Waals surface area contributed by atoms with Gasteiger partial charge in [-0.3, -0.25) is 4.90 Å². The molecule has 0 radical (unpaired) electrons. The van der Waals surface area contributed by atoms with Gasteiger partial charge < -0.3 is 10.2 Å². The van der Waals surface area contributed by atoms with E-state index in [1.165, 1.54) is 43.7 Å². The Morgan fingerprint density at radius 1 is 1.19 bits per heavy atom. The summed E-state index contributed by atoms with van der Waals surface area (Å²) in [6.45, 7) is 9.22. The highest BCUT2D eigenvalue weighted by Gasteiger charge is 2.18. The quantitative estimate of drug-likeness (QED) is 0.832. The molecular formula is C18H31N3. The molecular weight excluding hydrogens is 258 g/mol. The molecule has 1 aromatic rings. The number of nitrogens with zero attached hydrogens (tertiary/aromatic N) is 2. The molecule has 1 saturated heterocycles. The van der Waals surface area contributed by atoms with Gasteiger partial charge in [-0.2, -0.15) is 0 Å². The van der Waals surface area contributed by atoms with Crippen LogP contribution in [0.4, 0.5) is 5.69 Å². The molecule has 0 spiro atoms. The maximum absolute atomic E-state index is 3.62. The van der Waals surface area contributed by atoms with Gasteiger partial charge in [-0.05, 0) is 43.0 Å². The van der Waals surface area contributed by atoms with Gasteiger partial charge in [0.1, 0.15) is 0 Å². The first kappa shape index (κ1) is 16.3. The van der Waals surface area contributed by atoms with Crippen LogP contribution in [-0.2, 0) is 6.54 Å². The lowest BCUT2D eigenvalue weighted by Crippen LogP contribution is -2.38. The highest BCUT2D eigenvalue weighted by Crippen LogP contribution is 2.16. The first-order valence-corrected chi connectivity index (χ1v) is 8.26. The van der Waals surface area contributed by atoms with Gasteiger partial charge >= 0.3 is 0 Å². The summed E-state index contributed by atoms with van der Waals surface area (Å²) >= 11 is 0. The van der Waals surface area contributed by atoms with Crippen molar-refractivity contribution in [3.8, 4) is 0 Å². The second kappa shape index (κ2) is 7.81. The number of nitrogens with one attached hydrogen (secondary N) is 1. The third kappa shape index (κ3) is 5.33. The van der Waals surface area contributed by atoms with Crippen LogP contribution in [0.15, 0.2) is 24.3 Å². The summed E-state index contributed by atoms with van der Waals surface area (Å²) in [7, 11) is 4.18. The minimum atomic E-state index is 0.685. The minimum Gasteiger partial charge on any atom is -0.378 e. The van der Waals surface area contributed by atoms with Crippen molar-refractivity contribution in [2.45, 2.75) is 39.3 Å². The molecule has 1 aliphatic rings. The lowest BCUT2D eigenvalue weighted by atomic mass is 10.1. The molecule has 0 saturated carbocycles. The lowest BCUT2D eigenvalue weighted by Gasteiger charge is -2.27. The van der Waals surface area contributed by atoms with Gasteiger partial charge in [-0.15, -0.1) is 0 Å². The average Bonchev–Trinajstić information content (AvgIpc) is 2.91. The fourth-order valence-electron chi connectivity index (χ4n) is 3.10. The summed E-state index contributed by atoms with van der Waals surface area (Å²) in [5.41, 5.74) is 2.69. The molecule has 1 fully saturated rings. The van der Waals surface area contributed by atoms with Gasteiger partial charge in [0.2, 0.25) is 0 Å². The molecule has 0 bridgehead atoms. The average molecular weight is 289 g/mol. The summed E-state index contributed by atoms with van der Waals surface area (Å²) in [4.78, 5) is 4.76. The summed E-state index contributed by atoms with van der Waals surface area (Å²) in [6, 6.07) is 9.66. The van der Waals surface area contributed by atoms with Crippen molar-refractivity contribution >= 4 is 5.69 Å². The first-order valence-electron chi connectivity index (χ1n) is 8.26. The molecule has 1 unspecified atom stereocenters. The van der Waals surface area contributed by atoms with E-state index in [1.54, 1.807) is 0 Å². The van der Waals surface area contributed by atoms with Crippen LogP contribution in [-0.4, -0.2) is 44.7 Å². The van der Waals surface area contributed by atoms with E-state index in [2.05, 4.69) is 67.3 Å². The Hall–Kier alpha value is -1.06. The number of benzene rings is 1. The van der Waals surface area contributed by atoms with E-state index in [1.807, 2.05) is 0 Å². The molecule has 3 nitrogen and oxygen atoms in total. The largest absolute Gasteiger partial charge is 0.378 e. The van der Waals surface area contributed by atoms with Crippen molar-refractivity contribution in [1.82, 2.24) is 10.2 Å². The van der Waals surface area contributed by atoms with Crippen molar-refractivity contribution in [3.05, 3.63) is 29.8 Å². The number of anilines is 1. The fraction of sp³-hybridized carbons (Fsp3) is 0.667. The van der Waals surface area contributed by atoms with Crippen LogP contribution in [0, 0.1) is 5.92 Å². The Kier molecular flexibility index (Phi) is 6.07. The van der Waals surface area contributed by atoms with E-state index in [0.29, 0.717) is 12.0 Å². The zero-order valence-electron chi connectivity index (χ0n) is 14.1. The Balaban J connectivity index is 1.96. The van der Waals surface area contributed by atoms with Crippen LogP contribution in [0.2, 0.25) is 0 Å². The monoisotopic (exact) mass is 289 g/mol. The topological polar surface area (TPSA) is 18.5 Å². The van der Waals surface area contributed by atoms with Crippen molar-refractivity contribution in [3.63, 3.8) is 0 Å². The van der Waals surface area contributed by atoms with E-state index in [4.69, 9.17) is 0 Å². The second-order valence-corrected chi connectivity index (χ2v) is 6.94. The Labute approximate surface area is 130 Å². The van der Waals surface area contributed by atoms with Crippen LogP contribution in [0.25, 0.3) is 0 Å². The molecule has 1 aliphatic heterocycles. The van der Waals surface area contributed by atoms with Crippen molar-refractivity contribution in [2.75, 3.05) is 38.6 Å². The molecule has 118 valence electrons. The summed E-state index contributed by atoms with van der Waals surface area (Å²) in [5, 5.41) is 3.62. The van der Waals surface area contributed by atoms with E-state index >= 15 is 0 Å². The lowest BCUT2D eigenvalue weighted by molar-refractivity contribution is 0.216. The Morgan fingerprint density at radius 2 is 1.90 bits per heavy atom. The van der Waals surface area contributed by atoms with Gasteiger partial charge in [0, 0.05) is 45.5 Å². The molecule has 1 aromatic carbocycles. The van der Waals surface area contributed by atoms with Crippen LogP contribution in [0.5, 0.6) is 0 Å². The SMILES string of the molecule is CC(C)CN(Cc1ccc(N(C)C)cc1)CC1CCCN1. The number of hydrogen-bond acceptors (Lipinski definition) is 3. The molecule has 3 heteroatoms. The molecule has 21 heavy (non-hydrogen) atoms. The van der Waals surface area contributed by atoms with Crippen molar-refractivity contribution in [2.24, 2.45) is 5.92 Å². The van der Waals surface area contributed by atoms with E-state index in [-0.39, 0.29) is 0 Å². The summed E-state index contributed by atoms with van der Waals surface area (Å²) in [5.74, 6) is 0.715. The van der Waals surface area contributed by atoms with Crippen LogP contribution in [0.3, 0.4) is 0 Å². The highest BCUT2D eigenvalue weighted by atomic mass is 15.2. The van der Waals surface area contributed by atoms with Gasteiger partial charge in [0.05, 0.1) is 0 Å². The second-order valence-electron chi connectivity index (χ2n) is 6.94. The maximum Gasteiger partial charge on any atom is 0.0361 e. The number of hydrogen-bond donors (Lipinski definition) is 1. The summed E-state index contributed by atoms with van der Waals surface area (Å²) in [6.07, 6.45) is 2.66. The molecule has 0 aliphatic carbocycles. The fourth-order valence-corrected chi connectivity index (χ4v) is 3.10. The molecule has 1 atom stereocenters. The zero-order valence-corrected chi connectivity index (χ0v) is 14.1. The molecule has 1 N–H and O–H groups in total. The maximum atomic E-state index is 3.62. The van der Waals surface area contributed by atoms with Crippen LogP contribution >= 0.6 is 0 Å². The van der Waals surface area contributed by atoms with Gasteiger partial charge in [0.15, 0.2) is 0 Å². The van der Waals surface area contributed by atoms with E-state index < -0.39 is 0 Å². The first-order chi connectivity index (χ1) is 10.0. The normalized spacial score (nSPS) is 18.7. The molecule has 0 amide bonds. The third-order valence-corrected chi connectivity index (χ3v) is 4.12. The highest BCUT2D eigenvalue weighted by molar-refractivity contribution is 5.45. The van der Waals surface area contributed by atoms with Crippen molar-refractivity contribution < 1.29 is 0 Å². The predicted molar refractivity (Wildman–Crippen MR) is 91.9 cm³/mol. The van der Waals surface area contributed by atoms with Gasteiger partial charge in [-0.1, -0.05) is 26.0 Å². The number of rotatable bonds is 7. The molecule has 0 aromatic heterocycles. The molecule has 1 heterocycles. The van der Waals surface area contributed by atoms with E-state index in [0.717, 1.165) is 6.54 Å². The van der Waals surface area contributed by atoms with Crippen LogP contribution < -0.4 is 10.2 Å². The Bertz CT molecular complexity index is 405. The van der Waals surface area contributed by atoms with Gasteiger partial charge in [0.25, 0.3) is 0 Å². The van der Waals surface area contributed by atoms with Gasteiger partial charge in [-0.25, -0.2) is 0 Å².